The second-order valence-corrected chi connectivity index (χ2v) is 23.1. The minimum Gasteiger partial charge on any atom is -0.462 e. The van der Waals surface area contributed by atoms with Gasteiger partial charge in [0, 0.05) is 19.3 Å². The Morgan fingerprint density at radius 3 is 0.772 bits per heavy atom. The van der Waals surface area contributed by atoms with Crippen LogP contribution in [0.5, 0.6) is 0 Å². The molecule has 0 heterocycles. The van der Waals surface area contributed by atoms with Crippen LogP contribution >= 0.6 is 0 Å². The number of hydrogen-bond donors (Lipinski definition) is 0. The van der Waals surface area contributed by atoms with Crippen LogP contribution in [0.4, 0.5) is 0 Å². The Morgan fingerprint density at radius 1 is 0.266 bits per heavy atom. The zero-order chi connectivity index (χ0) is 57.1. The van der Waals surface area contributed by atoms with Crippen LogP contribution in [0, 0.1) is 0 Å². The molecule has 6 heteroatoms. The summed E-state index contributed by atoms with van der Waals surface area (Å²) in [6.07, 6.45) is 87.7. The van der Waals surface area contributed by atoms with Crippen molar-refractivity contribution in [3.05, 3.63) is 72.9 Å². The van der Waals surface area contributed by atoms with Crippen molar-refractivity contribution in [1.82, 2.24) is 0 Å². The lowest BCUT2D eigenvalue weighted by atomic mass is 10.0. The van der Waals surface area contributed by atoms with Gasteiger partial charge in [0.25, 0.3) is 0 Å². The summed E-state index contributed by atoms with van der Waals surface area (Å²) in [7, 11) is 0. The lowest BCUT2D eigenvalue weighted by molar-refractivity contribution is -0.167. The van der Waals surface area contributed by atoms with Gasteiger partial charge in [-0.2, -0.15) is 0 Å². The number of allylic oxidation sites excluding steroid dienone is 12. The quantitative estimate of drug-likeness (QED) is 0.0261. The highest BCUT2D eigenvalue weighted by molar-refractivity contribution is 5.71. The molecule has 0 bridgehead atoms. The first-order valence-corrected chi connectivity index (χ1v) is 34.4. The van der Waals surface area contributed by atoms with E-state index in [1.807, 2.05) is 0 Å². The molecule has 0 aromatic heterocycles. The average Bonchev–Trinajstić information content (AvgIpc) is 3.45. The molecule has 458 valence electrons. The van der Waals surface area contributed by atoms with Crippen molar-refractivity contribution in [3.8, 4) is 0 Å². The van der Waals surface area contributed by atoms with Crippen molar-refractivity contribution in [2.75, 3.05) is 13.2 Å². The first-order chi connectivity index (χ1) is 39.0. The molecule has 0 aliphatic carbocycles. The number of carbonyl (C=O) groups is 3. The van der Waals surface area contributed by atoms with Crippen molar-refractivity contribution in [3.63, 3.8) is 0 Å². The minimum atomic E-state index is -0.783. The van der Waals surface area contributed by atoms with Gasteiger partial charge in [0.2, 0.25) is 0 Å². The number of esters is 3. The molecule has 0 aromatic rings. The summed E-state index contributed by atoms with van der Waals surface area (Å²) in [5.41, 5.74) is 0. The van der Waals surface area contributed by atoms with Gasteiger partial charge in [0.05, 0.1) is 0 Å². The van der Waals surface area contributed by atoms with Crippen LogP contribution in [0.15, 0.2) is 72.9 Å². The Kier molecular flexibility index (Phi) is 64.7. The van der Waals surface area contributed by atoms with Crippen LogP contribution in [0.1, 0.15) is 355 Å². The highest BCUT2D eigenvalue weighted by Gasteiger charge is 2.19. The molecule has 0 spiro atoms. The Bertz CT molecular complexity index is 1450. The fourth-order valence-corrected chi connectivity index (χ4v) is 10.1. The van der Waals surface area contributed by atoms with Crippen molar-refractivity contribution in [2.24, 2.45) is 0 Å². The lowest BCUT2D eigenvalue weighted by Gasteiger charge is -2.18. The highest BCUT2D eigenvalue weighted by atomic mass is 16.6. The largest absolute Gasteiger partial charge is 0.462 e. The third kappa shape index (κ3) is 65.5. The van der Waals surface area contributed by atoms with Crippen molar-refractivity contribution in [1.29, 1.82) is 0 Å². The van der Waals surface area contributed by atoms with Gasteiger partial charge in [-0.05, 0) is 89.9 Å². The van der Waals surface area contributed by atoms with E-state index in [2.05, 4.69) is 93.7 Å². The first kappa shape index (κ1) is 75.8. The molecule has 0 aliphatic heterocycles. The Hall–Kier alpha value is -3.15. The fourth-order valence-electron chi connectivity index (χ4n) is 10.1. The minimum absolute atomic E-state index is 0.0776. The Balaban J connectivity index is 4.33. The van der Waals surface area contributed by atoms with Crippen LogP contribution in [-0.2, 0) is 28.6 Å². The molecule has 0 aliphatic rings. The summed E-state index contributed by atoms with van der Waals surface area (Å²) in [4.78, 5) is 38.4. The van der Waals surface area contributed by atoms with E-state index in [9.17, 15) is 14.4 Å². The third-order valence-corrected chi connectivity index (χ3v) is 15.2. The predicted octanol–water partition coefficient (Wildman–Crippen LogP) is 23.7. The maximum Gasteiger partial charge on any atom is 0.306 e. The van der Waals surface area contributed by atoms with Gasteiger partial charge < -0.3 is 14.2 Å². The molecule has 1 unspecified atom stereocenters. The van der Waals surface area contributed by atoms with E-state index in [1.54, 1.807) is 0 Å². The molecular formula is C73H130O6. The molecule has 0 amide bonds. The van der Waals surface area contributed by atoms with Gasteiger partial charge in [-0.15, -0.1) is 0 Å². The molecule has 79 heavy (non-hydrogen) atoms. The molecule has 0 N–H and O–H groups in total. The van der Waals surface area contributed by atoms with Gasteiger partial charge in [-0.25, -0.2) is 0 Å². The maximum atomic E-state index is 12.9. The van der Waals surface area contributed by atoms with Gasteiger partial charge in [-0.3, -0.25) is 14.4 Å². The van der Waals surface area contributed by atoms with Crippen LogP contribution in [0.25, 0.3) is 0 Å². The molecule has 0 aromatic carbocycles. The van der Waals surface area contributed by atoms with Crippen LogP contribution in [0.2, 0.25) is 0 Å². The molecule has 0 saturated carbocycles. The standard InChI is InChI=1S/C73H130O6/c1-4-7-10-13-16-19-22-25-28-31-33-34-35-36-37-38-40-42-45-48-51-54-57-60-63-66-72(75)78-69-70(68-77-71(74)65-62-59-56-53-50-47-44-41-30-27-24-21-18-15-12-9-6-3)79-73(76)67-64-61-58-55-52-49-46-43-39-32-29-26-23-20-17-14-11-8-5-2/h8,11,17,20,22,25-26,29,31,33,39,43,70H,4-7,9-10,12-16,18-19,21,23-24,27-28,30,32,34-38,40-42,44-69H2,1-3H3/b11-8-,20-17-,25-22-,29-26-,33-31-,43-39-. The molecule has 0 rings (SSSR count). The summed E-state index contributed by atoms with van der Waals surface area (Å²) in [5.74, 6) is -0.871. The second-order valence-electron chi connectivity index (χ2n) is 23.1. The maximum absolute atomic E-state index is 12.9. The zero-order valence-electron chi connectivity index (χ0n) is 52.6. The third-order valence-electron chi connectivity index (χ3n) is 15.2. The monoisotopic (exact) mass is 1100 g/mol. The van der Waals surface area contributed by atoms with E-state index in [0.29, 0.717) is 19.3 Å². The summed E-state index contributed by atoms with van der Waals surface area (Å²) >= 11 is 0. The lowest BCUT2D eigenvalue weighted by Crippen LogP contribution is -2.30. The molecule has 6 nitrogen and oxygen atoms in total. The average molecular weight is 1100 g/mol. The van der Waals surface area contributed by atoms with E-state index in [-0.39, 0.29) is 31.1 Å². The van der Waals surface area contributed by atoms with Gasteiger partial charge in [0.15, 0.2) is 6.10 Å². The number of carbonyl (C=O) groups excluding carboxylic acids is 3. The topological polar surface area (TPSA) is 78.9 Å². The summed E-state index contributed by atoms with van der Waals surface area (Å²) in [5, 5.41) is 0. The van der Waals surface area contributed by atoms with Crippen molar-refractivity contribution < 1.29 is 28.6 Å². The van der Waals surface area contributed by atoms with Crippen LogP contribution < -0.4 is 0 Å². The molecule has 0 saturated heterocycles. The number of unbranched alkanes of at least 4 members (excludes halogenated alkanes) is 40. The summed E-state index contributed by atoms with van der Waals surface area (Å²) < 4.78 is 17.0. The number of ether oxygens (including phenoxy) is 3. The zero-order valence-corrected chi connectivity index (χ0v) is 52.6. The van der Waals surface area contributed by atoms with Crippen LogP contribution in [-0.4, -0.2) is 37.2 Å². The van der Waals surface area contributed by atoms with Gasteiger partial charge >= 0.3 is 17.9 Å². The Morgan fingerprint density at radius 2 is 0.494 bits per heavy atom. The van der Waals surface area contributed by atoms with Gasteiger partial charge in [-0.1, -0.05) is 318 Å². The smallest absolute Gasteiger partial charge is 0.306 e. The van der Waals surface area contributed by atoms with E-state index >= 15 is 0 Å². The van der Waals surface area contributed by atoms with Crippen LogP contribution in [0.3, 0.4) is 0 Å². The van der Waals surface area contributed by atoms with Gasteiger partial charge in [0.1, 0.15) is 13.2 Å². The van der Waals surface area contributed by atoms with E-state index < -0.39 is 6.10 Å². The normalized spacial score (nSPS) is 12.5. The second kappa shape index (κ2) is 67.4. The first-order valence-electron chi connectivity index (χ1n) is 34.4. The van der Waals surface area contributed by atoms with E-state index in [0.717, 1.165) is 103 Å². The fraction of sp³-hybridized carbons (Fsp3) is 0.795. The summed E-state index contributed by atoms with van der Waals surface area (Å²) in [6, 6.07) is 0. The number of hydrogen-bond acceptors (Lipinski definition) is 6. The highest BCUT2D eigenvalue weighted by Crippen LogP contribution is 2.18. The molecule has 1 atom stereocenters. The summed E-state index contributed by atoms with van der Waals surface area (Å²) in [6.45, 7) is 6.56. The Labute approximate surface area is 491 Å². The van der Waals surface area contributed by atoms with E-state index in [1.165, 1.54) is 212 Å². The predicted molar refractivity (Wildman–Crippen MR) is 344 cm³/mol. The van der Waals surface area contributed by atoms with Crippen molar-refractivity contribution in [2.45, 2.75) is 361 Å². The number of rotatable bonds is 63. The SMILES string of the molecule is CC/C=C\C/C=C\C/C=C\C/C=C\CCCCCCCCC(=O)OC(COC(=O)CCCCCCCCCCCCCCC/C=C\C/C=C\CCCCCCC)COC(=O)CCCCCCCCCCCCCCCCCCC. The molecular weight excluding hydrogens is 973 g/mol. The molecule has 0 radical (unpaired) electrons. The van der Waals surface area contributed by atoms with E-state index in [4.69, 9.17) is 14.2 Å². The molecule has 0 fully saturated rings. The van der Waals surface area contributed by atoms with Crippen molar-refractivity contribution >= 4 is 17.9 Å².